The molecule has 2 rings (SSSR count). The minimum Gasteiger partial charge on any atom is -0.466 e. The zero-order valence-electron chi connectivity index (χ0n) is 11.9. The first-order valence-electron chi connectivity index (χ1n) is 7.39. The minimum absolute atomic E-state index is 0.0789. The molecule has 3 heteroatoms. The Hall–Kier alpha value is -1.82. The van der Waals surface area contributed by atoms with Gasteiger partial charge in [0.1, 0.15) is 0 Å². The zero-order chi connectivity index (χ0) is 14.4. The van der Waals surface area contributed by atoms with Crippen LogP contribution in [-0.2, 0) is 9.53 Å². The van der Waals surface area contributed by atoms with Crippen LogP contribution in [-0.4, -0.2) is 12.6 Å². The van der Waals surface area contributed by atoms with Gasteiger partial charge in [0.25, 0.3) is 0 Å². The number of benzene rings is 1. The molecule has 0 radical (unpaired) electrons. The fraction of sp³-hybridized carbons (Fsp3) is 0.529. The summed E-state index contributed by atoms with van der Waals surface area (Å²) >= 11 is 0. The van der Waals surface area contributed by atoms with Crippen molar-refractivity contribution in [3.8, 4) is 6.07 Å². The lowest BCUT2D eigenvalue weighted by Crippen LogP contribution is -2.32. The number of nitriles is 1. The van der Waals surface area contributed by atoms with E-state index >= 15 is 0 Å². The van der Waals surface area contributed by atoms with Gasteiger partial charge in [-0.1, -0.05) is 43.2 Å². The predicted molar refractivity (Wildman–Crippen MR) is 76.9 cm³/mol. The van der Waals surface area contributed by atoms with E-state index in [-0.39, 0.29) is 23.7 Å². The predicted octanol–water partition coefficient (Wildman–Crippen LogP) is 3.66. The van der Waals surface area contributed by atoms with Gasteiger partial charge in [0, 0.05) is 0 Å². The molecule has 1 aliphatic rings. The fourth-order valence-electron chi connectivity index (χ4n) is 3.18. The number of rotatable bonds is 4. The van der Waals surface area contributed by atoms with Crippen molar-refractivity contribution in [2.45, 2.75) is 38.5 Å². The zero-order valence-corrected chi connectivity index (χ0v) is 11.9. The molecule has 0 bridgehead atoms. The summed E-state index contributed by atoms with van der Waals surface area (Å²) in [4.78, 5) is 12.1. The van der Waals surface area contributed by atoms with Gasteiger partial charge >= 0.3 is 5.97 Å². The summed E-state index contributed by atoms with van der Waals surface area (Å²) in [6, 6.07) is 12.2. The number of carbonyl (C=O) groups excluding carboxylic acids is 1. The SMILES string of the molecule is CCOC(=O)C1CCCCC1C(C#N)c1ccccc1. The number of esters is 1. The second kappa shape index (κ2) is 7.09. The molecule has 0 aromatic heterocycles. The van der Waals surface area contributed by atoms with Gasteiger partial charge < -0.3 is 4.74 Å². The van der Waals surface area contributed by atoms with Gasteiger partial charge in [0.2, 0.25) is 0 Å². The highest BCUT2D eigenvalue weighted by Gasteiger charge is 2.37. The van der Waals surface area contributed by atoms with E-state index in [4.69, 9.17) is 4.74 Å². The second-order valence-corrected chi connectivity index (χ2v) is 5.32. The lowest BCUT2D eigenvalue weighted by Gasteiger charge is -2.33. The van der Waals surface area contributed by atoms with E-state index < -0.39 is 0 Å². The standard InChI is InChI=1S/C17H21NO2/c1-2-20-17(19)15-11-7-6-10-14(15)16(12-18)13-8-4-3-5-9-13/h3-5,8-9,14-16H,2,6-7,10-11H2,1H3. The second-order valence-electron chi connectivity index (χ2n) is 5.32. The number of ether oxygens (including phenoxy) is 1. The normalized spacial score (nSPS) is 23.6. The Morgan fingerprint density at radius 1 is 1.35 bits per heavy atom. The van der Waals surface area contributed by atoms with Crippen LogP contribution in [0.5, 0.6) is 0 Å². The van der Waals surface area contributed by atoms with Gasteiger partial charge in [-0.05, 0) is 31.2 Å². The summed E-state index contributed by atoms with van der Waals surface area (Å²) < 4.78 is 5.19. The van der Waals surface area contributed by atoms with Gasteiger partial charge in [-0.15, -0.1) is 0 Å². The number of nitrogens with zero attached hydrogens (tertiary/aromatic N) is 1. The Kier molecular flexibility index (Phi) is 5.17. The summed E-state index contributed by atoms with van der Waals surface area (Å²) in [6.45, 7) is 2.24. The average molecular weight is 271 g/mol. The summed E-state index contributed by atoms with van der Waals surface area (Å²) in [5.41, 5.74) is 1.01. The lowest BCUT2D eigenvalue weighted by atomic mass is 9.71. The van der Waals surface area contributed by atoms with Crippen molar-refractivity contribution in [1.29, 1.82) is 5.26 Å². The van der Waals surface area contributed by atoms with Gasteiger partial charge in [0.05, 0.1) is 24.5 Å². The third-order valence-corrected chi connectivity index (χ3v) is 4.13. The first kappa shape index (κ1) is 14.6. The highest BCUT2D eigenvalue weighted by atomic mass is 16.5. The van der Waals surface area contributed by atoms with Gasteiger partial charge in [-0.25, -0.2) is 0 Å². The molecule has 106 valence electrons. The molecule has 0 amide bonds. The molecule has 0 spiro atoms. The Bertz CT molecular complexity index is 478. The van der Waals surface area contributed by atoms with Gasteiger partial charge in [-0.2, -0.15) is 5.26 Å². The van der Waals surface area contributed by atoms with Crippen molar-refractivity contribution in [2.75, 3.05) is 6.61 Å². The smallest absolute Gasteiger partial charge is 0.309 e. The molecule has 3 unspecified atom stereocenters. The first-order chi connectivity index (χ1) is 9.77. The van der Waals surface area contributed by atoms with Crippen molar-refractivity contribution in [3.05, 3.63) is 35.9 Å². The molecule has 0 heterocycles. The Morgan fingerprint density at radius 2 is 2.05 bits per heavy atom. The molecule has 1 saturated carbocycles. The molecule has 1 aromatic carbocycles. The van der Waals surface area contributed by atoms with Crippen LogP contribution in [0, 0.1) is 23.2 Å². The van der Waals surface area contributed by atoms with Crippen LogP contribution >= 0.6 is 0 Å². The highest BCUT2D eigenvalue weighted by Crippen LogP contribution is 2.40. The summed E-state index contributed by atoms with van der Waals surface area (Å²) in [5, 5.41) is 9.56. The minimum atomic E-state index is -0.217. The molecular formula is C17H21NO2. The fourth-order valence-corrected chi connectivity index (χ4v) is 3.18. The molecular weight excluding hydrogens is 250 g/mol. The van der Waals surface area contributed by atoms with Crippen LogP contribution in [0.4, 0.5) is 0 Å². The number of hydrogen-bond acceptors (Lipinski definition) is 3. The molecule has 1 aromatic rings. The molecule has 1 fully saturated rings. The van der Waals surface area contributed by atoms with E-state index in [2.05, 4.69) is 6.07 Å². The van der Waals surface area contributed by atoms with Crippen molar-refractivity contribution in [3.63, 3.8) is 0 Å². The molecule has 0 saturated heterocycles. The van der Waals surface area contributed by atoms with Gasteiger partial charge in [-0.3, -0.25) is 4.79 Å². The van der Waals surface area contributed by atoms with E-state index in [1.807, 2.05) is 37.3 Å². The van der Waals surface area contributed by atoms with E-state index in [0.29, 0.717) is 6.61 Å². The molecule has 0 N–H and O–H groups in total. The van der Waals surface area contributed by atoms with Crippen molar-refractivity contribution in [2.24, 2.45) is 11.8 Å². The van der Waals surface area contributed by atoms with Crippen molar-refractivity contribution in [1.82, 2.24) is 0 Å². The number of carbonyl (C=O) groups is 1. The maximum atomic E-state index is 12.1. The Labute approximate surface area is 120 Å². The molecule has 0 aliphatic heterocycles. The molecule has 3 atom stereocenters. The van der Waals surface area contributed by atoms with Crippen LogP contribution < -0.4 is 0 Å². The van der Waals surface area contributed by atoms with E-state index in [9.17, 15) is 10.1 Å². The van der Waals surface area contributed by atoms with Crippen LogP contribution in [0.3, 0.4) is 0 Å². The summed E-state index contributed by atoms with van der Waals surface area (Å²) in [7, 11) is 0. The summed E-state index contributed by atoms with van der Waals surface area (Å²) in [5.74, 6) is -0.400. The van der Waals surface area contributed by atoms with Crippen LogP contribution in [0.2, 0.25) is 0 Å². The van der Waals surface area contributed by atoms with Crippen LogP contribution in [0.15, 0.2) is 30.3 Å². The Morgan fingerprint density at radius 3 is 2.70 bits per heavy atom. The quantitative estimate of drug-likeness (QED) is 0.785. The van der Waals surface area contributed by atoms with Crippen LogP contribution in [0.1, 0.15) is 44.1 Å². The topological polar surface area (TPSA) is 50.1 Å². The van der Waals surface area contributed by atoms with E-state index in [1.54, 1.807) is 0 Å². The highest BCUT2D eigenvalue weighted by molar-refractivity contribution is 5.73. The van der Waals surface area contributed by atoms with E-state index in [1.165, 1.54) is 0 Å². The molecule has 20 heavy (non-hydrogen) atoms. The summed E-state index contributed by atoms with van der Waals surface area (Å²) in [6.07, 6.45) is 3.91. The average Bonchev–Trinajstić information content (AvgIpc) is 2.50. The molecule has 1 aliphatic carbocycles. The largest absolute Gasteiger partial charge is 0.466 e. The third-order valence-electron chi connectivity index (χ3n) is 4.13. The Balaban J connectivity index is 2.22. The van der Waals surface area contributed by atoms with Crippen molar-refractivity contribution >= 4 is 5.97 Å². The number of hydrogen-bond donors (Lipinski definition) is 0. The van der Waals surface area contributed by atoms with Crippen LogP contribution in [0.25, 0.3) is 0 Å². The third kappa shape index (κ3) is 3.19. The maximum Gasteiger partial charge on any atom is 0.309 e. The maximum absolute atomic E-state index is 12.1. The monoisotopic (exact) mass is 271 g/mol. The van der Waals surface area contributed by atoms with Gasteiger partial charge in [0.15, 0.2) is 0 Å². The lowest BCUT2D eigenvalue weighted by molar-refractivity contribution is -0.151. The van der Waals surface area contributed by atoms with E-state index in [0.717, 1.165) is 31.2 Å². The molecule has 3 nitrogen and oxygen atoms in total. The van der Waals surface area contributed by atoms with Crippen molar-refractivity contribution < 1.29 is 9.53 Å². The first-order valence-corrected chi connectivity index (χ1v) is 7.39.